The van der Waals surface area contributed by atoms with Gasteiger partial charge in [-0.15, -0.1) is 0 Å². The zero-order valence-corrected chi connectivity index (χ0v) is 14.3. The zero-order chi connectivity index (χ0) is 18.8. The summed E-state index contributed by atoms with van der Waals surface area (Å²) in [7, 11) is 0. The predicted octanol–water partition coefficient (Wildman–Crippen LogP) is -0.721. The molecule has 1 saturated heterocycles. The highest BCUT2D eigenvalue weighted by molar-refractivity contribution is 6.27. The minimum atomic E-state index is -1.82. The zero-order valence-electron chi connectivity index (χ0n) is 14.3. The SMILES string of the molecule is CC(C)NC(=O)CN1CCN(c2ncccn2)CC1.O=C(O)C(=O)O. The molecule has 2 rings (SSSR count). The summed E-state index contributed by atoms with van der Waals surface area (Å²) >= 11 is 0. The molecule has 0 saturated carbocycles. The van der Waals surface area contributed by atoms with Crippen LogP contribution >= 0.6 is 0 Å². The highest BCUT2D eigenvalue weighted by Gasteiger charge is 2.20. The number of carboxylic acid groups (broad SMARTS) is 2. The van der Waals surface area contributed by atoms with Gasteiger partial charge in [0.05, 0.1) is 6.54 Å². The molecule has 0 aliphatic carbocycles. The Bertz CT molecular complexity index is 561. The Hall–Kier alpha value is -2.75. The molecule has 0 radical (unpaired) electrons. The van der Waals surface area contributed by atoms with E-state index in [4.69, 9.17) is 19.8 Å². The molecule has 1 aliphatic heterocycles. The lowest BCUT2D eigenvalue weighted by Gasteiger charge is -2.34. The number of nitrogens with one attached hydrogen (secondary N) is 1. The maximum Gasteiger partial charge on any atom is 0.414 e. The van der Waals surface area contributed by atoms with E-state index in [0.717, 1.165) is 32.1 Å². The van der Waals surface area contributed by atoms with Crippen LogP contribution in [0.1, 0.15) is 13.8 Å². The molecule has 0 atom stereocenters. The summed E-state index contributed by atoms with van der Waals surface area (Å²) in [6, 6.07) is 2.02. The van der Waals surface area contributed by atoms with Gasteiger partial charge >= 0.3 is 11.9 Å². The summed E-state index contributed by atoms with van der Waals surface area (Å²) in [4.78, 5) is 42.7. The molecule has 1 fully saturated rings. The fourth-order valence-corrected chi connectivity index (χ4v) is 2.13. The van der Waals surface area contributed by atoms with Gasteiger partial charge in [-0.3, -0.25) is 9.69 Å². The van der Waals surface area contributed by atoms with Gasteiger partial charge < -0.3 is 20.4 Å². The molecule has 1 aromatic heterocycles. The number of piperazine rings is 1. The smallest absolute Gasteiger partial charge is 0.414 e. The van der Waals surface area contributed by atoms with Gasteiger partial charge in [-0.25, -0.2) is 19.6 Å². The lowest BCUT2D eigenvalue weighted by Crippen LogP contribution is -2.50. The molecule has 10 nitrogen and oxygen atoms in total. The normalized spacial score (nSPS) is 14.4. The number of nitrogens with zero attached hydrogens (tertiary/aromatic N) is 4. The van der Waals surface area contributed by atoms with Crippen LogP contribution in [-0.4, -0.2) is 81.7 Å². The maximum absolute atomic E-state index is 11.7. The maximum atomic E-state index is 11.7. The van der Waals surface area contributed by atoms with Gasteiger partial charge in [0.1, 0.15) is 0 Å². The van der Waals surface area contributed by atoms with Crippen LogP contribution in [0, 0.1) is 0 Å². The fraction of sp³-hybridized carbons (Fsp3) is 0.533. The molecule has 138 valence electrons. The summed E-state index contributed by atoms with van der Waals surface area (Å²) in [5.41, 5.74) is 0. The van der Waals surface area contributed by atoms with Gasteiger partial charge in [0.25, 0.3) is 0 Å². The van der Waals surface area contributed by atoms with Crippen LogP contribution in [-0.2, 0) is 14.4 Å². The van der Waals surface area contributed by atoms with E-state index in [2.05, 4.69) is 25.1 Å². The molecule has 1 amide bonds. The van der Waals surface area contributed by atoms with Crippen molar-refractivity contribution in [1.29, 1.82) is 0 Å². The molecule has 3 N–H and O–H groups in total. The number of aliphatic carboxylic acids is 2. The number of aromatic nitrogens is 2. The van der Waals surface area contributed by atoms with Crippen LogP contribution in [0.2, 0.25) is 0 Å². The number of carboxylic acids is 2. The number of amides is 1. The van der Waals surface area contributed by atoms with Gasteiger partial charge in [0.15, 0.2) is 0 Å². The van der Waals surface area contributed by atoms with Gasteiger partial charge in [-0.1, -0.05) is 0 Å². The molecule has 10 heteroatoms. The van der Waals surface area contributed by atoms with Crippen molar-refractivity contribution in [3.8, 4) is 0 Å². The second kappa shape index (κ2) is 10.2. The Labute approximate surface area is 145 Å². The molecule has 1 aromatic rings. The van der Waals surface area contributed by atoms with Crippen LogP contribution in [0.25, 0.3) is 0 Å². The van der Waals surface area contributed by atoms with Crippen LogP contribution < -0.4 is 10.2 Å². The van der Waals surface area contributed by atoms with E-state index in [1.807, 2.05) is 19.9 Å². The first-order valence-electron chi connectivity index (χ1n) is 7.79. The van der Waals surface area contributed by atoms with E-state index in [0.29, 0.717) is 6.54 Å². The largest absolute Gasteiger partial charge is 0.473 e. The highest BCUT2D eigenvalue weighted by Crippen LogP contribution is 2.09. The third kappa shape index (κ3) is 8.06. The Morgan fingerprint density at radius 3 is 2.04 bits per heavy atom. The van der Waals surface area contributed by atoms with Gasteiger partial charge in [0, 0.05) is 44.6 Å². The third-order valence-corrected chi connectivity index (χ3v) is 3.21. The highest BCUT2D eigenvalue weighted by atomic mass is 16.4. The molecule has 25 heavy (non-hydrogen) atoms. The summed E-state index contributed by atoms with van der Waals surface area (Å²) in [6.07, 6.45) is 3.51. The second-order valence-electron chi connectivity index (χ2n) is 5.64. The van der Waals surface area contributed by atoms with Gasteiger partial charge in [-0.05, 0) is 19.9 Å². The van der Waals surface area contributed by atoms with Crippen molar-refractivity contribution in [2.75, 3.05) is 37.6 Å². The van der Waals surface area contributed by atoms with E-state index in [-0.39, 0.29) is 11.9 Å². The predicted molar refractivity (Wildman–Crippen MR) is 89.2 cm³/mol. The minimum Gasteiger partial charge on any atom is -0.473 e. The fourth-order valence-electron chi connectivity index (χ4n) is 2.13. The topological polar surface area (TPSA) is 136 Å². The Balaban J connectivity index is 0.000000450. The van der Waals surface area contributed by atoms with E-state index in [9.17, 15) is 4.79 Å². The number of hydrogen-bond acceptors (Lipinski definition) is 7. The van der Waals surface area contributed by atoms with Gasteiger partial charge in [0.2, 0.25) is 11.9 Å². The lowest BCUT2D eigenvalue weighted by molar-refractivity contribution is -0.159. The number of carbonyl (C=O) groups is 3. The molecule has 0 spiro atoms. The summed E-state index contributed by atoms with van der Waals surface area (Å²) in [6.45, 7) is 7.87. The quantitative estimate of drug-likeness (QED) is 0.599. The molecule has 0 unspecified atom stereocenters. The molecule has 1 aliphatic rings. The average Bonchev–Trinajstić information content (AvgIpc) is 2.56. The standard InChI is InChI=1S/C13H21N5O.C2H2O4/c1-11(2)16-12(19)10-17-6-8-18(9-7-17)13-14-4-3-5-15-13;3-1(4)2(5)6/h3-5,11H,6-10H2,1-2H3,(H,16,19);(H,3,4)(H,5,6). The van der Waals surface area contributed by atoms with Crippen LogP contribution in [0.4, 0.5) is 5.95 Å². The number of hydrogen-bond donors (Lipinski definition) is 3. The first kappa shape index (κ1) is 20.3. The molecular weight excluding hydrogens is 330 g/mol. The molecule has 0 bridgehead atoms. The Kier molecular flexibility index (Phi) is 8.27. The van der Waals surface area contributed by atoms with Crippen molar-refractivity contribution in [3.63, 3.8) is 0 Å². The Morgan fingerprint density at radius 2 is 1.60 bits per heavy atom. The van der Waals surface area contributed by atoms with Crippen molar-refractivity contribution in [1.82, 2.24) is 20.2 Å². The first-order chi connectivity index (χ1) is 11.8. The van der Waals surface area contributed by atoms with Crippen LogP contribution in [0.3, 0.4) is 0 Å². The minimum absolute atomic E-state index is 0.0967. The second-order valence-corrected chi connectivity index (χ2v) is 5.64. The summed E-state index contributed by atoms with van der Waals surface area (Å²) in [5.74, 6) is -2.78. The average molecular weight is 353 g/mol. The van der Waals surface area contributed by atoms with E-state index in [1.54, 1.807) is 12.4 Å². The van der Waals surface area contributed by atoms with Crippen LogP contribution in [0.5, 0.6) is 0 Å². The number of rotatable bonds is 4. The summed E-state index contributed by atoms with van der Waals surface area (Å²) < 4.78 is 0. The number of carbonyl (C=O) groups excluding carboxylic acids is 1. The van der Waals surface area contributed by atoms with Crippen LogP contribution in [0.15, 0.2) is 18.5 Å². The van der Waals surface area contributed by atoms with E-state index >= 15 is 0 Å². The van der Waals surface area contributed by atoms with Crippen molar-refractivity contribution in [3.05, 3.63) is 18.5 Å². The molecule has 2 heterocycles. The monoisotopic (exact) mass is 353 g/mol. The van der Waals surface area contributed by atoms with Gasteiger partial charge in [-0.2, -0.15) is 0 Å². The van der Waals surface area contributed by atoms with Crippen molar-refractivity contribution >= 4 is 23.8 Å². The van der Waals surface area contributed by atoms with E-state index in [1.165, 1.54) is 0 Å². The Morgan fingerprint density at radius 1 is 1.08 bits per heavy atom. The lowest BCUT2D eigenvalue weighted by atomic mass is 10.3. The molecule has 0 aromatic carbocycles. The van der Waals surface area contributed by atoms with E-state index < -0.39 is 11.9 Å². The van der Waals surface area contributed by atoms with Crippen molar-refractivity contribution in [2.24, 2.45) is 0 Å². The van der Waals surface area contributed by atoms with Crippen molar-refractivity contribution in [2.45, 2.75) is 19.9 Å². The summed E-state index contributed by atoms with van der Waals surface area (Å²) in [5, 5.41) is 17.7. The third-order valence-electron chi connectivity index (χ3n) is 3.21. The number of anilines is 1. The van der Waals surface area contributed by atoms with Crippen molar-refractivity contribution < 1.29 is 24.6 Å². The molecular formula is C15H23N5O5. The first-order valence-corrected chi connectivity index (χ1v) is 7.79.